The average molecular weight is 266 g/mol. The zero-order valence-corrected chi connectivity index (χ0v) is 10.9. The molecular formula is C12H14N2O3S. The molecule has 1 rings (SSSR count). The molecule has 0 saturated carbocycles. The van der Waals surface area contributed by atoms with Crippen LogP contribution < -0.4 is 0 Å². The van der Waals surface area contributed by atoms with Crippen LogP contribution in [0.15, 0.2) is 41.3 Å². The molecule has 1 aliphatic heterocycles. The molecule has 0 N–H and O–H groups in total. The molecule has 0 aromatic carbocycles. The van der Waals surface area contributed by atoms with Crippen molar-refractivity contribution in [2.75, 3.05) is 20.2 Å². The van der Waals surface area contributed by atoms with Gasteiger partial charge in [0.1, 0.15) is 0 Å². The Bertz CT molecular complexity index is 441. The maximum atomic E-state index is 12.0. The van der Waals surface area contributed by atoms with Gasteiger partial charge in [-0.2, -0.15) is 0 Å². The lowest BCUT2D eigenvalue weighted by atomic mass is 10.4. The molecule has 6 heteroatoms. The van der Waals surface area contributed by atoms with Crippen molar-refractivity contribution in [3.8, 4) is 0 Å². The first-order chi connectivity index (χ1) is 8.63. The van der Waals surface area contributed by atoms with Gasteiger partial charge in [-0.3, -0.25) is 14.7 Å². The molecule has 1 saturated heterocycles. The number of aliphatic imine (C=N–C) groups is 1. The summed E-state index contributed by atoms with van der Waals surface area (Å²) in [6.07, 6.45) is 4.40. The van der Waals surface area contributed by atoms with E-state index in [0.717, 1.165) is 11.8 Å². The topological polar surface area (TPSA) is 59.0 Å². The summed E-state index contributed by atoms with van der Waals surface area (Å²) in [5, 5.41) is 0.537. The van der Waals surface area contributed by atoms with E-state index >= 15 is 0 Å². The Hall–Kier alpha value is -1.82. The van der Waals surface area contributed by atoms with E-state index in [4.69, 9.17) is 0 Å². The predicted octanol–water partition coefficient (Wildman–Crippen LogP) is 1.35. The van der Waals surface area contributed by atoms with Crippen LogP contribution in [0.2, 0.25) is 0 Å². The zero-order chi connectivity index (χ0) is 13.5. The highest BCUT2D eigenvalue weighted by molar-refractivity contribution is 8.18. The first kappa shape index (κ1) is 14.2. The maximum absolute atomic E-state index is 12.0. The number of rotatable bonds is 5. The largest absolute Gasteiger partial charge is 0.466 e. The highest BCUT2D eigenvalue weighted by Crippen LogP contribution is 2.30. The highest BCUT2D eigenvalue weighted by atomic mass is 32.2. The number of hydrogen-bond acceptors (Lipinski definition) is 5. The second-order valence-corrected chi connectivity index (χ2v) is 4.26. The molecule has 96 valence electrons. The molecular weight excluding hydrogens is 252 g/mol. The van der Waals surface area contributed by atoms with E-state index in [1.807, 2.05) is 0 Å². The summed E-state index contributed by atoms with van der Waals surface area (Å²) in [5.41, 5.74) is 0. The van der Waals surface area contributed by atoms with Crippen molar-refractivity contribution in [3.63, 3.8) is 0 Å². The van der Waals surface area contributed by atoms with Gasteiger partial charge < -0.3 is 4.74 Å². The molecule has 0 unspecified atom stereocenters. The second-order valence-electron chi connectivity index (χ2n) is 3.25. The van der Waals surface area contributed by atoms with Crippen molar-refractivity contribution in [3.05, 3.63) is 36.3 Å². The molecule has 0 aromatic heterocycles. The summed E-state index contributed by atoms with van der Waals surface area (Å²) in [4.78, 5) is 29.1. The lowest BCUT2D eigenvalue weighted by Crippen LogP contribution is -2.29. The number of nitrogens with zero attached hydrogens (tertiary/aromatic N) is 2. The van der Waals surface area contributed by atoms with Crippen LogP contribution in [0.25, 0.3) is 0 Å². The van der Waals surface area contributed by atoms with E-state index in [-0.39, 0.29) is 5.91 Å². The standard InChI is InChI=1S/C12H14N2O3S/c1-4-6-13-12-14(7-5-2)11(16)9(18-12)8-10(15)17-3/h4-5,8H,1-2,6-7H2,3H3/b9-8-,13-12?. The number of esters is 1. The summed E-state index contributed by atoms with van der Waals surface area (Å²) in [5.74, 6) is -0.831. The number of ether oxygens (including phenoxy) is 1. The fourth-order valence-electron chi connectivity index (χ4n) is 1.22. The van der Waals surface area contributed by atoms with Crippen molar-refractivity contribution in [2.24, 2.45) is 4.99 Å². The Balaban J connectivity index is 2.98. The summed E-state index contributed by atoms with van der Waals surface area (Å²) >= 11 is 1.14. The van der Waals surface area contributed by atoms with E-state index in [0.29, 0.717) is 23.2 Å². The van der Waals surface area contributed by atoms with Gasteiger partial charge in [-0.05, 0) is 11.8 Å². The van der Waals surface area contributed by atoms with Crippen molar-refractivity contribution in [2.45, 2.75) is 0 Å². The number of hydrogen-bond donors (Lipinski definition) is 0. The minimum atomic E-state index is -0.561. The average Bonchev–Trinajstić information content (AvgIpc) is 2.65. The highest BCUT2D eigenvalue weighted by Gasteiger charge is 2.32. The van der Waals surface area contributed by atoms with Gasteiger partial charge >= 0.3 is 5.97 Å². The second kappa shape index (κ2) is 6.80. The predicted molar refractivity (Wildman–Crippen MR) is 72.1 cm³/mol. The molecule has 5 nitrogen and oxygen atoms in total. The Morgan fingerprint density at radius 3 is 2.78 bits per heavy atom. The van der Waals surface area contributed by atoms with Crippen LogP contribution >= 0.6 is 11.8 Å². The van der Waals surface area contributed by atoms with E-state index in [1.165, 1.54) is 18.1 Å². The number of carbonyl (C=O) groups excluding carboxylic acids is 2. The molecule has 1 aliphatic rings. The van der Waals surface area contributed by atoms with E-state index in [9.17, 15) is 9.59 Å². The first-order valence-corrected chi connectivity index (χ1v) is 6.01. The minimum Gasteiger partial charge on any atom is -0.466 e. The van der Waals surface area contributed by atoms with Gasteiger partial charge in [0.25, 0.3) is 5.91 Å². The molecule has 1 fully saturated rings. The molecule has 0 aromatic rings. The normalized spacial score (nSPS) is 19.4. The zero-order valence-electron chi connectivity index (χ0n) is 10.1. The van der Waals surface area contributed by atoms with Crippen LogP contribution in [0.4, 0.5) is 0 Å². The van der Waals surface area contributed by atoms with Crippen LogP contribution in [-0.2, 0) is 14.3 Å². The van der Waals surface area contributed by atoms with Gasteiger partial charge in [0.05, 0.1) is 18.6 Å². The minimum absolute atomic E-state index is 0.270. The maximum Gasteiger partial charge on any atom is 0.331 e. The van der Waals surface area contributed by atoms with Crippen molar-refractivity contribution < 1.29 is 14.3 Å². The third-order valence-electron chi connectivity index (χ3n) is 2.01. The Labute approximate surface area is 110 Å². The van der Waals surface area contributed by atoms with Crippen LogP contribution in [0, 0.1) is 0 Å². The smallest absolute Gasteiger partial charge is 0.331 e. The number of carbonyl (C=O) groups is 2. The third kappa shape index (κ3) is 3.33. The van der Waals surface area contributed by atoms with Gasteiger partial charge in [-0.15, -0.1) is 13.2 Å². The molecule has 0 aliphatic carbocycles. The third-order valence-corrected chi connectivity index (χ3v) is 3.05. The Morgan fingerprint density at radius 1 is 1.50 bits per heavy atom. The summed E-state index contributed by atoms with van der Waals surface area (Å²) in [6, 6.07) is 0. The van der Waals surface area contributed by atoms with Crippen molar-refractivity contribution >= 4 is 28.8 Å². The summed E-state index contributed by atoms with van der Waals surface area (Å²) < 4.78 is 4.50. The van der Waals surface area contributed by atoms with Crippen LogP contribution in [0.3, 0.4) is 0 Å². The van der Waals surface area contributed by atoms with Gasteiger partial charge in [0.2, 0.25) is 0 Å². The molecule has 1 amide bonds. The molecule has 1 heterocycles. The summed E-state index contributed by atoms with van der Waals surface area (Å²) in [7, 11) is 1.26. The molecule has 0 bridgehead atoms. The van der Waals surface area contributed by atoms with Gasteiger partial charge in [-0.25, -0.2) is 4.79 Å². The van der Waals surface area contributed by atoms with Gasteiger partial charge in [0, 0.05) is 12.6 Å². The van der Waals surface area contributed by atoms with Gasteiger partial charge in [0.15, 0.2) is 5.17 Å². The summed E-state index contributed by atoms with van der Waals surface area (Å²) in [6.45, 7) is 7.91. The van der Waals surface area contributed by atoms with Crippen molar-refractivity contribution in [1.82, 2.24) is 4.90 Å². The van der Waals surface area contributed by atoms with E-state index in [2.05, 4.69) is 22.9 Å². The lowest BCUT2D eigenvalue weighted by Gasteiger charge is -2.11. The Morgan fingerprint density at radius 2 is 2.22 bits per heavy atom. The fraction of sp³-hybridized carbons (Fsp3) is 0.250. The monoisotopic (exact) mass is 266 g/mol. The van der Waals surface area contributed by atoms with Crippen LogP contribution in [-0.4, -0.2) is 42.1 Å². The van der Waals surface area contributed by atoms with E-state index in [1.54, 1.807) is 12.2 Å². The number of methoxy groups -OCH3 is 1. The number of amidine groups is 1. The number of thioether (sulfide) groups is 1. The van der Waals surface area contributed by atoms with Gasteiger partial charge in [-0.1, -0.05) is 12.2 Å². The molecule has 0 atom stereocenters. The van der Waals surface area contributed by atoms with Crippen LogP contribution in [0.1, 0.15) is 0 Å². The quantitative estimate of drug-likeness (QED) is 0.428. The van der Waals surface area contributed by atoms with E-state index < -0.39 is 5.97 Å². The molecule has 0 radical (unpaired) electrons. The van der Waals surface area contributed by atoms with Crippen LogP contribution in [0.5, 0.6) is 0 Å². The lowest BCUT2D eigenvalue weighted by molar-refractivity contribution is -0.135. The first-order valence-electron chi connectivity index (χ1n) is 5.19. The van der Waals surface area contributed by atoms with Crippen molar-refractivity contribution in [1.29, 1.82) is 0 Å². The molecule has 0 spiro atoms. The Kier molecular flexibility index (Phi) is 5.38. The SMILES string of the molecule is C=CCN=C1S/C(=C\C(=O)OC)C(=O)N1CC=C. The molecule has 18 heavy (non-hydrogen) atoms. The fourth-order valence-corrected chi connectivity index (χ4v) is 2.18. The number of amides is 1.